The topological polar surface area (TPSA) is 82.5 Å². The molecule has 0 fully saturated rings. The summed E-state index contributed by atoms with van der Waals surface area (Å²) in [4.78, 5) is 24.4. The van der Waals surface area contributed by atoms with Crippen LogP contribution < -0.4 is 10.1 Å². The highest BCUT2D eigenvalue weighted by atomic mass is 16.5. The van der Waals surface area contributed by atoms with Gasteiger partial charge in [-0.15, -0.1) is 0 Å². The lowest BCUT2D eigenvalue weighted by Crippen LogP contribution is -2.18. The lowest BCUT2D eigenvalue weighted by molar-refractivity contribution is -0.116. The van der Waals surface area contributed by atoms with Gasteiger partial charge in [-0.2, -0.15) is 5.10 Å². The van der Waals surface area contributed by atoms with Crippen molar-refractivity contribution in [2.45, 2.75) is 40.5 Å². The first-order valence-corrected chi connectivity index (χ1v) is 9.04. The molecule has 0 saturated carbocycles. The van der Waals surface area contributed by atoms with Crippen LogP contribution in [0.2, 0.25) is 0 Å². The number of carbonyl (C=O) groups is 2. The van der Waals surface area contributed by atoms with E-state index in [0.29, 0.717) is 30.1 Å². The van der Waals surface area contributed by atoms with Crippen LogP contribution in [-0.2, 0) is 16.6 Å². The van der Waals surface area contributed by atoms with E-state index in [4.69, 9.17) is 9.47 Å². The molecule has 0 unspecified atom stereocenters. The molecule has 0 aliphatic heterocycles. The maximum atomic E-state index is 12.3. The van der Waals surface area contributed by atoms with Gasteiger partial charge >= 0.3 is 5.97 Å². The molecule has 146 valence electrons. The summed E-state index contributed by atoms with van der Waals surface area (Å²) in [5.41, 5.74) is 2.96. The average molecular weight is 373 g/mol. The van der Waals surface area contributed by atoms with Crippen LogP contribution >= 0.6 is 0 Å². The molecule has 0 spiro atoms. The van der Waals surface area contributed by atoms with Crippen molar-refractivity contribution < 1.29 is 19.1 Å². The summed E-state index contributed by atoms with van der Waals surface area (Å²) >= 11 is 0. The predicted octanol–water partition coefficient (Wildman–Crippen LogP) is 3.32. The fraction of sp³-hybridized carbons (Fsp3) is 0.450. The first-order valence-electron chi connectivity index (χ1n) is 9.04. The monoisotopic (exact) mass is 373 g/mol. The number of aromatic nitrogens is 2. The quantitative estimate of drug-likeness (QED) is 0.567. The summed E-state index contributed by atoms with van der Waals surface area (Å²) in [5, 5.41) is 6.96. The molecule has 7 nitrogen and oxygen atoms in total. The third-order valence-corrected chi connectivity index (χ3v) is 4.16. The third-order valence-electron chi connectivity index (χ3n) is 4.16. The van der Waals surface area contributed by atoms with Crippen LogP contribution in [0, 0.1) is 20.8 Å². The van der Waals surface area contributed by atoms with E-state index in [1.54, 1.807) is 20.9 Å². The van der Waals surface area contributed by atoms with Gasteiger partial charge in [0.2, 0.25) is 5.91 Å². The molecule has 0 aliphatic carbocycles. The van der Waals surface area contributed by atoms with Gasteiger partial charge in [0.15, 0.2) is 0 Å². The highest BCUT2D eigenvalue weighted by molar-refractivity contribution is 6.01. The minimum absolute atomic E-state index is 0.200. The summed E-state index contributed by atoms with van der Waals surface area (Å²) in [6.45, 7) is 8.14. The minimum Gasteiger partial charge on any atom is -0.493 e. The largest absolute Gasteiger partial charge is 0.493 e. The lowest BCUT2D eigenvalue weighted by atomic mass is 10.1. The van der Waals surface area contributed by atoms with Gasteiger partial charge in [0.05, 0.1) is 18.9 Å². The van der Waals surface area contributed by atoms with Gasteiger partial charge in [-0.05, 0) is 45.2 Å². The second kappa shape index (κ2) is 9.21. The number of ether oxygens (including phenoxy) is 2. The van der Waals surface area contributed by atoms with Crippen LogP contribution in [0.1, 0.15) is 46.9 Å². The maximum absolute atomic E-state index is 12.3. The van der Waals surface area contributed by atoms with Crippen molar-refractivity contribution in [1.82, 2.24) is 9.78 Å². The average Bonchev–Trinajstić information content (AvgIpc) is 2.87. The number of aryl methyl sites for hydroxylation is 4. The molecule has 27 heavy (non-hydrogen) atoms. The SMILES string of the molecule is CCOC(=O)c1c(C)nn(C)c1NC(=O)CCCOc1c(C)cccc1C. The predicted molar refractivity (Wildman–Crippen MR) is 103 cm³/mol. The van der Waals surface area contributed by atoms with E-state index in [9.17, 15) is 9.59 Å². The Morgan fingerprint density at radius 1 is 1.19 bits per heavy atom. The van der Waals surface area contributed by atoms with Gasteiger partial charge < -0.3 is 14.8 Å². The number of benzene rings is 1. The number of rotatable bonds is 8. The second-order valence-electron chi connectivity index (χ2n) is 6.37. The van der Waals surface area contributed by atoms with Crippen molar-refractivity contribution in [3.05, 3.63) is 40.6 Å². The fourth-order valence-electron chi connectivity index (χ4n) is 2.88. The molecule has 1 aromatic carbocycles. The summed E-state index contributed by atoms with van der Waals surface area (Å²) in [7, 11) is 1.68. The molecule has 0 atom stereocenters. The maximum Gasteiger partial charge on any atom is 0.343 e. The highest BCUT2D eigenvalue weighted by Crippen LogP contribution is 2.23. The van der Waals surface area contributed by atoms with Crippen LogP contribution in [0.3, 0.4) is 0 Å². The molecule has 0 radical (unpaired) electrons. The van der Waals surface area contributed by atoms with Crippen molar-refractivity contribution >= 4 is 17.7 Å². The number of anilines is 1. The molecule has 1 heterocycles. The number of hydrogen-bond donors (Lipinski definition) is 1. The standard InChI is InChI=1S/C20H27N3O4/c1-6-26-20(25)17-15(4)22-23(5)19(17)21-16(24)11-8-12-27-18-13(2)9-7-10-14(18)3/h7,9-10H,6,8,11-12H2,1-5H3,(H,21,24). The fourth-order valence-corrected chi connectivity index (χ4v) is 2.88. The van der Waals surface area contributed by atoms with Crippen molar-refractivity contribution in [3.63, 3.8) is 0 Å². The van der Waals surface area contributed by atoms with Crippen molar-refractivity contribution in [1.29, 1.82) is 0 Å². The number of nitrogens with zero attached hydrogens (tertiary/aromatic N) is 2. The van der Waals surface area contributed by atoms with Crippen LogP contribution in [0.4, 0.5) is 5.82 Å². The molecule has 0 saturated heterocycles. The molecular formula is C20H27N3O4. The number of hydrogen-bond acceptors (Lipinski definition) is 5. The number of carbonyl (C=O) groups excluding carboxylic acids is 2. The molecule has 1 amide bonds. The molecule has 0 bridgehead atoms. The van der Waals surface area contributed by atoms with E-state index in [1.165, 1.54) is 4.68 Å². The molecule has 0 aliphatic rings. The summed E-state index contributed by atoms with van der Waals surface area (Å²) in [5.74, 6) is 0.529. The van der Waals surface area contributed by atoms with Crippen LogP contribution in [0.15, 0.2) is 18.2 Å². The van der Waals surface area contributed by atoms with Gasteiger partial charge in [0.1, 0.15) is 17.1 Å². The van der Waals surface area contributed by atoms with E-state index in [0.717, 1.165) is 16.9 Å². The second-order valence-corrected chi connectivity index (χ2v) is 6.37. The molecule has 1 aromatic heterocycles. The summed E-state index contributed by atoms with van der Waals surface area (Å²) in [6, 6.07) is 5.98. The zero-order valence-corrected chi connectivity index (χ0v) is 16.6. The zero-order chi connectivity index (χ0) is 20.0. The molecule has 7 heteroatoms. The Balaban J connectivity index is 1.92. The zero-order valence-electron chi connectivity index (χ0n) is 16.6. The van der Waals surface area contributed by atoms with Gasteiger partial charge in [-0.25, -0.2) is 4.79 Å². The summed E-state index contributed by atoms with van der Waals surface area (Å²) < 4.78 is 12.3. The van der Waals surface area contributed by atoms with E-state index in [2.05, 4.69) is 10.4 Å². The summed E-state index contributed by atoms with van der Waals surface area (Å²) in [6.07, 6.45) is 0.836. The Morgan fingerprint density at radius 2 is 1.85 bits per heavy atom. The van der Waals surface area contributed by atoms with E-state index >= 15 is 0 Å². The Kier molecular flexibility index (Phi) is 6.98. The van der Waals surface area contributed by atoms with Crippen molar-refractivity contribution in [2.75, 3.05) is 18.5 Å². The minimum atomic E-state index is -0.489. The van der Waals surface area contributed by atoms with Gasteiger partial charge in [0.25, 0.3) is 0 Å². The van der Waals surface area contributed by atoms with Gasteiger partial charge in [-0.3, -0.25) is 9.48 Å². The third kappa shape index (κ3) is 5.09. The van der Waals surface area contributed by atoms with Crippen LogP contribution in [-0.4, -0.2) is 34.9 Å². The number of nitrogens with one attached hydrogen (secondary N) is 1. The smallest absolute Gasteiger partial charge is 0.343 e. The van der Waals surface area contributed by atoms with Crippen LogP contribution in [0.25, 0.3) is 0 Å². The molecule has 2 aromatic rings. The number of amides is 1. The van der Waals surface area contributed by atoms with E-state index < -0.39 is 5.97 Å². The molecule has 2 rings (SSSR count). The van der Waals surface area contributed by atoms with E-state index in [-0.39, 0.29) is 18.9 Å². The highest BCUT2D eigenvalue weighted by Gasteiger charge is 2.22. The van der Waals surface area contributed by atoms with E-state index in [1.807, 2.05) is 32.0 Å². The number of para-hydroxylation sites is 1. The Hall–Kier alpha value is -2.83. The van der Waals surface area contributed by atoms with Gasteiger partial charge in [-0.1, -0.05) is 18.2 Å². The Bertz CT molecular complexity index is 807. The normalized spacial score (nSPS) is 10.6. The molecule has 1 N–H and O–H groups in total. The first-order chi connectivity index (χ1) is 12.8. The first kappa shape index (κ1) is 20.5. The molecular weight excluding hydrogens is 346 g/mol. The van der Waals surface area contributed by atoms with Crippen molar-refractivity contribution in [3.8, 4) is 5.75 Å². The van der Waals surface area contributed by atoms with Crippen LogP contribution in [0.5, 0.6) is 5.75 Å². The van der Waals surface area contributed by atoms with Gasteiger partial charge in [0, 0.05) is 13.5 Å². The number of esters is 1. The Morgan fingerprint density at radius 3 is 2.48 bits per heavy atom. The lowest BCUT2D eigenvalue weighted by Gasteiger charge is -2.12. The Labute approximate surface area is 159 Å². The van der Waals surface area contributed by atoms with Crippen molar-refractivity contribution in [2.24, 2.45) is 7.05 Å².